The second-order valence-corrected chi connectivity index (χ2v) is 8.34. The van der Waals surface area contributed by atoms with Gasteiger partial charge >= 0.3 is 0 Å². The molecule has 0 saturated carbocycles. The Morgan fingerprint density at radius 3 is 2.00 bits per heavy atom. The molecule has 1 aliphatic heterocycles. The van der Waals surface area contributed by atoms with Crippen molar-refractivity contribution >= 4 is 23.1 Å². The molecule has 0 amide bonds. The largest absolute Gasteiger partial charge is 0.339 e. The number of halogens is 1. The van der Waals surface area contributed by atoms with Crippen LogP contribution in [0.1, 0.15) is 33.5 Å². The Kier molecular flexibility index (Phi) is 4.95. The van der Waals surface area contributed by atoms with Crippen LogP contribution in [0.4, 0.5) is 5.69 Å². The highest BCUT2D eigenvalue weighted by atomic mass is 35.5. The quantitative estimate of drug-likeness (QED) is 0.423. The van der Waals surface area contributed by atoms with Gasteiger partial charge in [-0.3, -0.25) is 4.79 Å². The Labute approximate surface area is 191 Å². The van der Waals surface area contributed by atoms with Gasteiger partial charge in [0.2, 0.25) is 0 Å². The SMILES string of the molecule is Cc1[nH]c(=O)c(C2=NC(c3ccccc3)(c3ccccc3)c3ccccc3N2)c(C)c1Cl. The lowest BCUT2D eigenvalue weighted by Crippen LogP contribution is -2.38. The first-order valence-electron chi connectivity index (χ1n) is 10.5. The highest BCUT2D eigenvalue weighted by Gasteiger charge is 2.41. The van der Waals surface area contributed by atoms with Gasteiger partial charge in [0.15, 0.2) is 0 Å². The average molecular weight is 440 g/mol. The molecule has 4 nitrogen and oxygen atoms in total. The molecule has 0 radical (unpaired) electrons. The lowest BCUT2D eigenvalue weighted by molar-refractivity contribution is 0.652. The number of aromatic nitrogens is 1. The van der Waals surface area contributed by atoms with E-state index in [1.165, 1.54) is 0 Å². The fourth-order valence-electron chi connectivity index (χ4n) is 4.51. The Hall–Kier alpha value is -3.63. The number of hydrogen-bond acceptors (Lipinski definition) is 3. The molecular formula is C27H22ClN3O. The Bertz CT molecular complexity index is 1350. The third-order valence-corrected chi connectivity index (χ3v) is 6.60. The molecule has 5 heteroatoms. The topological polar surface area (TPSA) is 57.2 Å². The minimum Gasteiger partial charge on any atom is -0.339 e. The number of rotatable bonds is 3. The van der Waals surface area contributed by atoms with Gasteiger partial charge in [-0.1, -0.05) is 90.5 Å². The summed E-state index contributed by atoms with van der Waals surface area (Å²) in [5, 5.41) is 3.94. The highest BCUT2D eigenvalue weighted by molar-refractivity contribution is 6.32. The maximum Gasteiger partial charge on any atom is 0.259 e. The van der Waals surface area contributed by atoms with Gasteiger partial charge in [0.1, 0.15) is 11.4 Å². The summed E-state index contributed by atoms with van der Waals surface area (Å²) in [4.78, 5) is 21.2. The third kappa shape index (κ3) is 3.07. The summed E-state index contributed by atoms with van der Waals surface area (Å²) in [6.45, 7) is 3.65. The number of aliphatic imine (C=N–C) groups is 1. The van der Waals surface area contributed by atoms with E-state index in [9.17, 15) is 4.79 Å². The number of nitrogens with one attached hydrogen (secondary N) is 2. The van der Waals surface area contributed by atoms with Crippen molar-refractivity contribution in [3.05, 3.63) is 134 Å². The van der Waals surface area contributed by atoms with Crippen molar-refractivity contribution in [2.24, 2.45) is 4.99 Å². The monoisotopic (exact) mass is 439 g/mol. The van der Waals surface area contributed by atoms with Gasteiger partial charge in [-0.05, 0) is 36.6 Å². The average Bonchev–Trinajstić information content (AvgIpc) is 2.83. The maximum absolute atomic E-state index is 13.1. The van der Waals surface area contributed by atoms with E-state index in [1.807, 2.05) is 61.5 Å². The van der Waals surface area contributed by atoms with Crippen LogP contribution >= 0.6 is 11.6 Å². The van der Waals surface area contributed by atoms with Crippen molar-refractivity contribution in [2.45, 2.75) is 19.4 Å². The number of hydrogen-bond donors (Lipinski definition) is 2. The maximum atomic E-state index is 13.1. The molecule has 0 aliphatic carbocycles. The summed E-state index contributed by atoms with van der Waals surface area (Å²) < 4.78 is 0. The smallest absolute Gasteiger partial charge is 0.259 e. The molecule has 5 rings (SSSR count). The normalized spacial score (nSPS) is 14.3. The van der Waals surface area contributed by atoms with Crippen molar-refractivity contribution in [1.29, 1.82) is 0 Å². The number of para-hydroxylation sites is 1. The van der Waals surface area contributed by atoms with Crippen LogP contribution in [0.25, 0.3) is 0 Å². The molecule has 32 heavy (non-hydrogen) atoms. The van der Waals surface area contributed by atoms with Gasteiger partial charge in [0.05, 0.1) is 10.6 Å². The number of anilines is 1. The molecule has 3 aromatic carbocycles. The lowest BCUT2D eigenvalue weighted by Gasteiger charge is -2.38. The van der Waals surface area contributed by atoms with Crippen LogP contribution in [-0.2, 0) is 5.54 Å². The van der Waals surface area contributed by atoms with Gasteiger partial charge in [-0.25, -0.2) is 4.99 Å². The zero-order valence-corrected chi connectivity index (χ0v) is 18.6. The van der Waals surface area contributed by atoms with Gasteiger partial charge in [-0.15, -0.1) is 0 Å². The summed E-state index contributed by atoms with van der Waals surface area (Å²) in [7, 11) is 0. The number of benzene rings is 3. The zero-order valence-electron chi connectivity index (χ0n) is 17.8. The third-order valence-electron chi connectivity index (χ3n) is 6.03. The Balaban J connectivity index is 1.90. The molecule has 2 heterocycles. The van der Waals surface area contributed by atoms with Gasteiger partial charge in [0, 0.05) is 16.9 Å². The molecule has 0 atom stereocenters. The minimum atomic E-state index is -0.823. The van der Waals surface area contributed by atoms with E-state index in [0.29, 0.717) is 27.7 Å². The van der Waals surface area contributed by atoms with Crippen LogP contribution in [0.3, 0.4) is 0 Å². The van der Waals surface area contributed by atoms with Crippen LogP contribution in [0.15, 0.2) is 94.7 Å². The van der Waals surface area contributed by atoms with Gasteiger partial charge in [0.25, 0.3) is 5.56 Å². The summed E-state index contributed by atoms with van der Waals surface area (Å²) in [5.41, 5.74) is 4.72. The molecule has 0 unspecified atom stereocenters. The number of H-pyrrole nitrogens is 1. The molecule has 0 saturated heterocycles. The number of pyridine rings is 1. The first-order chi connectivity index (χ1) is 15.5. The number of amidine groups is 1. The van der Waals surface area contributed by atoms with Crippen LogP contribution in [0.2, 0.25) is 5.02 Å². The Morgan fingerprint density at radius 2 is 1.38 bits per heavy atom. The first kappa shape index (κ1) is 20.3. The molecule has 0 bridgehead atoms. The van der Waals surface area contributed by atoms with Gasteiger partial charge < -0.3 is 10.3 Å². The van der Waals surface area contributed by atoms with Crippen LogP contribution in [0.5, 0.6) is 0 Å². The van der Waals surface area contributed by atoms with E-state index in [-0.39, 0.29) is 5.56 Å². The fraction of sp³-hybridized carbons (Fsp3) is 0.111. The number of nitrogens with zero attached hydrogens (tertiary/aromatic N) is 1. The van der Waals surface area contributed by atoms with E-state index < -0.39 is 5.54 Å². The lowest BCUT2D eigenvalue weighted by atomic mass is 9.75. The van der Waals surface area contributed by atoms with Crippen molar-refractivity contribution in [3.63, 3.8) is 0 Å². The highest BCUT2D eigenvalue weighted by Crippen LogP contribution is 2.46. The first-order valence-corrected chi connectivity index (χ1v) is 10.9. The standard InChI is InChI=1S/C27H22ClN3O/c1-17-23(26(32)29-18(2)24(17)28)25-30-22-16-10-9-15-21(22)27(31-25,19-11-5-3-6-12-19)20-13-7-4-8-14-20/h3-16H,1-2H3,(H,29,32)(H,30,31). The number of aromatic amines is 1. The zero-order chi connectivity index (χ0) is 22.3. The minimum absolute atomic E-state index is 0.218. The molecule has 2 N–H and O–H groups in total. The van der Waals surface area contributed by atoms with Crippen molar-refractivity contribution in [2.75, 3.05) is 5.32 Å². The second kappa shape index (κ2) is 7.81. The predicted molar refractivity (Wildman–Crippen MR) is 131 cm³/mol. The predicted octanol–water partition coefficient (Wildman–Crippen LogP) is 5.81. The van der Waals surface area contributed by atoms with Crippen LogP contribution in [-0.4, -0.2) is 10.8 Å². The summed E-state index contributed by atoms with van der Waals surface area (Å²) in [6.07, 6.45) is 0. The summed E-state index contributed by atoms with van der Waals surface area (Å²) in [5.74, 6) is 0.497. The summed E-state index contributed by atoms with van der Waals surface area (Å²) in [6, 6.07) is 28.5. The molecular weight excluding hydrogens is 418 g/mol. The summed E-state index contributed by atoms with van der Waals surface area (Å²) >= 11 is 6.53. The Morgan fingerprint density at radius 1 is 0.812 bits per heavy atom. The van der Waals surface area contributed by atoms with E-state index in [2.05, 4.69) is 40.6 Å². The molecule has 158 valence electrons. The van der Waals surface area contributed by atoms with E-state index in [0.717, 1.165) is 22.4 Å². The number of fused-ring (bicyclic) bond motifs is 1. The second-order valence-electron chi connectivity index (χ2n) is 7.97. The van der Waals surface area contributed by atoms with Crippen LogP contribution < -0.4 is 10.9 Å². The van der Waals surface area contributed by atoms with Crippen molar-refractivity contribution in [1.82, 2.24) is 4.98 Å². The fourth-order valence-corrected chi connectivity index (χ4v) is 4.65. The van der Waals surface area contributed by atoms with E-state index in [1.54, 1.807) is 6.92 Å². The molecule has 1 aromatic heterocycles. The molecule has 1 aliphatic rings. The van der Waals surface area contributed by atoms with Crippen molar-refractivity contribution < 1.29 is 0 Å². The molecule has 0 fully saturated rings. The molecule has 0 spiro atoms. The van der Waals surface area contributed by atoms with E-state index in [4.69, 9.17) is 16.6 Å². The van der Waals surface area contributed by atoms with E-state index >= 15 is 0 Å². The number of aryl methyl sites for hydroxylation is 1. The molecule has 4 aromatic rings. The van der Waals surface area contributed by atoms with Crippen LogP contribution in [0, 0.1) is 13.8 Å². The van der Waals surface area contributed by atoms with Crippen molar-refractivity contribution in [3.8, 4) is 0 Å². The van der Waals surface area contributed by atoms with Gasteiger partial charge in [-0.2, -0.15) is 0 Å².